The van der Waals surface area contributed by atoms with Crippen LogP contribution in [0.15, 0.2) is 36.7 Å². The molecule has 0 unspecified atom stereocenters. The van der Waals surface area contributed by atoms with Gasteiger partial charge in [0, 0.05) is 38.9 Å². The van der Waals surface area contributed by atoms with Crippen LogP contribution >= 0.6 is 11.6 Å². The molecule has 0 bridgehead atoms. The molecule has 0 N–H and O–H groups in total. The number of halogens is 1. The highest BCUT2D eigenvalue weighted by molar-refractivity contribution is 6.30. The first-order chi connectivity index (χ1) is 11.2. The third kappa shape index (κ3) is 4.70. The third-order valence-electron chi connectivity index (χ3n) is 4.05. The Bertz CT molecular complexity index is 605. The van der Waals surface area contributed by atoms with E-state index in [4.69, 9.17) is 16.3 Å². The third-order valence-corrected chi connectivity index (χ3v) is 4.25. The normalized spacial score (nSPS) is 16.6. The smallest absolute Gasteiger partial charge is 0.119 e. The molecule has 0 amide bonds. The maximum atomic E-state index is 5.90. The molecule has 3 rings (SSSR count). The zero-order valence-corrected chi connectivity index (χ0v) is 14.2. The summed E-state index contributed by atoms with van der Waals surface area (Å²) in [5.41, 5.74) is 1.33. The molecule has 0 saturated carbocycles. The monoisotopic (exact) mass is 334 g/mol. The van der Waals surface area contributed by atoms with Crippen molar-refractivity contribution in [3.05, 3.63) is 47.2 Å². The summed E-state index contributed by atoms with van der Waals surface area (Å²) < 4.78 is 7.38. The molecule has 2 aromatic rings. The molecule has 2 heterocycles. The molecule has 23 heavy (non-hydrogen) atoms. The lowest BCUT2D eigenvalue weighted by Gasteiger charge is -2.34. The number of rotatable bonds is 6. The number of nitrogens with zero attached hydrogens (tertiary/aromatic N) is 4. The second kappa shape index (κ2) is 7.81. The fourth-order valence-electron chi connectivity index (χ4n) is 2.83. The van der Waals surface area contributed by atoms with Crippen LogP contribution in [0.25, 0.3) is 0 Å². The topological polar surface area (TPSA) is 33.5 Å². The zero-order valence-electron chi connectivity index (χ0n) is 13.5. The Hall–Kier alpha value is -1.56. The molecule has 1 aliphatic rings. The molecule has 1 fully saturated rings. The minimum Gasteiger partial charge on any atom is -0.494 e. The van der Waals surface area contributed by atoms with Crippen molar-refractivity contribution in [1.82, 2.24) is 19.6 Å². The molecule has 1 aromatic heterocycles. The largest absolute Gasteiger partial charge is 0.494 e. The minimum absolute atomic E-state index is 0.694. The van der Waals surface area contributed by atoms with Gasteiger partial charge in [-0.05, 0) is 24.6 Å². The summed E-state index contributed by atoms with van der Waals surface area (Å²) in [6.07, 6.45) is 3.55. The standard InChI is InChI=1S/C17H23ClN4O/c1-2-23-17-5-3-15(4-6-17)12-20-7-9-21(10-8-20)14-22-13-16(18)11-19-22/h3-6,11,13H,2,7-10,12,14H2,1H3. The Kier molecular flexibility index (Phi) is 5.54. The minimum atomic E-state index is 0.694. The van der Waals surface area contributed by atoms with Crippen LogP contribution < -0.4 is 4.74 Å². The van der Waals surface area contributed by atoms with Crippen molar-refractivity contribution in [2.24, 2.45) is 0 Å². The average molecular weight is 335 g/mol. The summed E-state index contributed by atoms with van der Waals surface area (Å²) in [6.45, 7) is 8.76. The first-order valence-electron chi connectivity index (χ1n) is 8.07. The quantitative estimate of drug-likeness (QED) is 0.813. The van der Waals surface area contributed by atoms with Crippen LogP contribution in [0.5, 0.6) is 5.75 Å². The number of piperazine rings is 1. The molecule has 6 heteroatoms. The van der Waals surface area contributed by atoms with E-state index in [-0.39, 0.29) is 0 Å². The summed E-state index contributed by atoms with van der Waals surface area (Å²) >= 11 is 5.90. The lowest BCUT2D eigenvalue weighted by atomic mass is 10.2. The van der Waals surface area contributed by atoms with E-state index in [1.807, 2.05) is 17.8 Å². The molecule has 5 nitrogen and oxygen atoms in total. The zero-order chi connectivity index (χ0) is 16.1. The fraction of sp³-hybridized carbons (Fsp3) is 0.471. The van der Waals surface area contributed by atoms with Crippen molar-refractivity contribution < 1.29 is 4.74 Å². The molecule has 0 radical (unpaired) electrons. The maximum Gasteiger partial charge on any atom is 0.119 e. The Morgan fingerprint density at radius 3 is 2.39 bits per heavy atom. The van der Waals surface area contributed by atoms with Gasteiger partial charge in [-0.25, -0.2) is 0 Å². The van der Waals surface area contributed by atoms with Gasteiger partial charge in [-0.15, -0.1) is 0 Å². The Morgan fingerprint density at radius 2 is 1.78 bits per heavy atom. The van der Waals surface area contributed by atoms with E-state index >= 15 is 0 Å². The van der Waals surface area contributed by atoms with Crippen LogP contribution in [-0.2, 0) is 13.2 Å². The first kappa shape index (κ1) is 16.3. The molecule has 0 atom stereocenters. The second-order valence-electron chi connectivity index (χ2n) is 5.81. The van der Waals surface area contributed by atoms with E-state index in [1.165, 1.54) is 5.56 Å². The Morgan fingerprint density at radius 1 is 1.09 bits per heavy atom. The molecular weight excluding hydrogens is 312 g/mol. The van der Waals surface area contributed by atoms with E-state index in [2.05, 4.69) is 39.2 Å². The number of hydrogen-bond acceptors (Lipinski definition) is 4. The Labute approximate surface area is 142 Å². The number of hydrogen-bond donors (Lipinski definition) is 0. The molecule has 1 saturated heterocycles. The van der Waals surface area contributed by atoms with Gasteiger partial charge in [0.15, 0.2) is 0 Å². The predicted molar refractivity (Wildman–Crippen MR) is 91.7 cm³/mol. The van der Waals surface area contributed by atoms with Gasteiger partial charge >= 0.3 is 0 Å². The van der Waals surface area contributed by atoms with Gasteiger partial charge in [0.2, 0.25) is 0 Å². The van der Waals surface area contributed by atoms with Crippen LogP contribution in [0.3, 0.4) is 0 Å². The van der Waals surface area contributed by atoms with Gasteiger partial charge in [0.1, 0.15) is 5.75 Å². The van der Waals surface area contributed by atoms with Crippen molar-refractivity contribution in [3.63, 3.8) is 0 Å². The molecule has 0 spiro atoms. The van der Waals surface area contributed by atoms with Gasteiger partial charge < -0.3 is 4.74 Å². The van der Waals surface area contributed by atoms with E-state index in [9.17, 15) is 0 Å². The maximum absolute atomic E-state index is 5.90. The van der Waals surface area contributed by atoms with Crippen LogP contribution in [0.1, 0.15) is 12.5 Å². The summed E-state index contributed by atoms with van der Waals surface area (Å²) in [5, 5.41) is 4.93. The van der Waals surface area contributed by atoms with Crippen LogP contribution in [0.4, 0.5) is 0 Å². The van der Waals surface area contributed by atoms with Gasteiger partial charge in [-0.2, -0.15) is 5.10 Å². The lowest BCUT2D eigenvalue weighted by Crippen LogP contribution is -2.46. The van der Waals surface area contributed by atoms with Crippen LogP contribution in [-0.4, -0.2) is 52.4 Å². The van der Waals surface area contributed by atoms with Gasteiger partial charge in [0.05, 0.1) is 24.5 Å². The van der Waals surface area contributed by atoms with Crippen molar-refractivity contribution in [2.75, 3.05) is 32.8 Å². The highest BCUT2D eigenvalue weighted by atomic mass is 35.5. The number of aromatic nitrogens is 2. The molecule has 124 valence electrons. The molecule has 1 aromatic carbocycles. The molecule has 0 aliphatic carbocycles. The lowest BCUT2D eigenvalue weighted by molar-refractivity contribution is 0.0988. The van der Waals surface area contributed by atoms with Crippen LogP contribution in [0.2, 0.25) is 5.02 Å². The van der Waals surface area contributed by atoms with Crippen molar-refractivity contribution >= 4 is 11.6 Å². The highest BCUT2D eigenvalue weighted by Crippen LogP contribution is 2.15. The van der Waals surface area contributed by atoms with Gasteiger partial charge in [-0.1, -0.05) is 23.7 Å². The fourth-order valence-corrected chi connectivity index (χ4v) is 2.98. The second-order valence-corrected chi connectivity index (χ2v) is 6.25. The molecule has 1 aliphatic heterocycles. The first-order valence-corrected chi connectivity index (χ1v) is 8.45. The van der Waals surface area contributed by atoms with Crippen LogP contribution in [0, 0.1) is 0 Å². The van der Waals surface area contributed by atoms with E-state index in [0.717, 1.165) is 45.1 Å². The summed E-state index contributed by atoms with van der Waals surface area (Å²) in [6, 6.07) is 8.42. The van der Waals surface area contributed by atoms with E-state index in [1.54, 1.807) is 6.20 Å². The number of benzene rings is 1. The predicted octanol–water partition coefficient (Wildman–Crippen LogP) is 2.71. The van der Waals surface area contributed by atoms with E-state index < -0.39 is 0 Å². The van der Waals surface area contributed by atoms with Gasteiger partial charge in [-0.3, -0.25) is 14.5 Å². The molecular formula is C17H23ClN4O. The van der Waals surface area contributed by atoms with Crippen molar-refractivity contribution in [3.8, 4) is 5.75 Å². The van der Waals surface area contributed by atoms with Gasteiger partial charge in [0.25, 0.3) is 0 Å². The van der Waals surface area contributed by atoms with Crippen molar-refractivity contribution in [1.29, 1.82) is 0 Å². The average Bonchev–Trinajstić information content (AvgIpc) is 2.96. The van der Waals surface area contributed by atoms with E-state index in [0.29, 0.717) is 11.6 Å². The summed E-state index contributed by atoms with van der Waals surface area (Å²) in [4.78, 5) is 4.89. The summed E-state index contributed by atoms with van der Waals surface area (Å²) in [7, 11) is 0. The highest BCUT2D eigenvalue weighted by Gasteiger charge is 2.17. The van der Waals surface area contributed by atoms with Crippen molar-refractivity contribution in [2.45, 2.75) is 20.1 Å². The SMILES string of the molecule is CCOc1ccc(CN2CCN(Cn3cc(Cl)cn3)CC2)cc1. The Balaban J connectivity index is 1.45. The summed E-state index contributed by atoms with van der Waals surface area (Å²) in [5.74, 6) is 0.943. The number of ether oxygens (including phenoxy) is 1.